The molecule has 0 atom stereocenters. The van der Waals surface area contributed by atoms with Gasteiger partial charge in [0.15, 0.2) is 0 Å². The van der Waals surface area contributed by atoms with Gasteiger partial charge in [-0.2, -0.15) is 13.2 Å². The smallest absolute Gasteiger partial charge is 0.324 e. The van der Waals surface area contributed by atoms with E-state index in [1.54, 1.807) is 0 Å². The lowest BCUT2D eigenvalue weighted by atomic mass is 10.2. The van der Waals surface area contributed by atoms with Crippen molar-refractivity contribution in [2.45, 2.75) is 19.6 Å². The molecule has 9 heteroatoms. The zero-order valence-electron chi connectivity index (χ0n) is 16.0. The van der Waals surface area contributed by atoms with Crippen LogP contribution in [0.2, 0.25) is 5.02 Å². The molecule has 1 aliphatic heterocycles. The van der Waals surface area contributed by atoms with E-state index in [1.165, 1.54) is 0 Å². The Morgan fingerprint density at radius 1 is 1.14 bits per heavy atom. The quantitative estimate of drug-likeness (QED) is 0.789. The Kier molecular flexibility index (Phi) is 6.77. The van der Waals surface area contributed by atoms with E-state index in [4.69, 9.17) is 11.6 Å². The standard InChI is InChI=1S/C20H22ClF3N4O/c1-14-8-15(11-25-10-14)12-27-4-6-28(7-5-27)13-19(29)26-18-9-16(20(22,23)24)2-3-17(18)21/h2-3,8-11H,4-7,12-13H2,1H3,(H,26,29). The van der Waals surface area contributed by atoms with Gasteiger partial charge in [-0.3, -0.25) is 19.6 Å². The van der Waals surface area contributed by atoms with Gasteiger partial charge in [0, 0.05) is 45.1 Å². The number of nitrogens with zero attached hydrogens (tertiary/aromatic N) is 3. The topological polar surface area (TPSA) is 48.5 Å². The minimum atomic E-state index is -4.49. The second kappa shape index (κ2) is 9.11. The maximum absolute atomic E-state index is 12.9. The summed E-state index contributed by atoms with van der Waals surface area (Å²) in [5, 5.41) is 2.57. The molecule has 1 fully saturated rings. The minimum Gasteiger partial charge on any atom is -0.324 e. The van der Waals surface area contributed by atoms with Crippen LogP contribution in [-0.2, 0) is 17.5 Å². The monoisotopic (exact) mass is 426 g/mol. The molecule has 1 aromatic heterocycles. The Morgan fingerprint density at radius 3 is 2.48 bits per heavy atom. The summed E-state index contributed by atoms with van der Waals surface area (Å²) in [5.74, 6) is -0.387. The maximum Gasteiger partial charge on any atom is 0.416 e. The first-order valence-corrected chi connectivity index (χ1v) is 9.60. The van der Waals surface area contributed by atoms with E-state index in [0.29, 0.717) is 13.1 Å². The van der Waals surface area contributed by atoms with Crippen LogP contribution in [0.3, 0.4) is 0 Å². The molecule has 1 aliphatic rings. The number of carbonyl (C=O) groups excluding carboxylic acids is 1. The van der Waals surface area contributed by atoms with Crippen molar-refractivity contribution >= 4 is 23.2 Å². The van der Waals surface area contributed by atoms with Crippen LogP contribution < -0.4 is 5.32 Å². The number of amides is 1. The van der Waals surface area contributed by atoms with Crippen LogP contribution in [0.4, 0.5) is 18.9 Å². The fraction of sp³-hybridized carbons (Fsp3) is 0.400. The Morgan fingerprint density at radius 2 is 1.83 bits per heavy atom. The Labute approximate surface area is 172 Å². The van der Waals surface area contributed by atoms with E-state index in [-0.39, 0.29) is 23.2 Å². The van der Waals surface area contributed by atoms with Gasteiger partial charge >= 0.3 is 6.18 Å². The molecule has 3 rings (SSSR count). The third-order valence-corrected chi connectivity index (χ3v) is 5.07. The molecule has 2 aromatic rings. The van der Waals surface area contributed by atoms with Crippen molar-refractivity contribution in [1.29, 1.82) is 0 Å². The van der Waals surface area contributed by atoms with E-state index in [9.17, 15) is 18.0 Å². The van der Waals surface area contributed by atoms with Crippen LogP contribution in [0.5, 0.6) is 0 Å². The molecule has 1 aromatic carbocycles. The van der Waals surface area contributed by atoms with Crippen LogP contribution in [0.25, 0.3) is 0 Å². The molecule has 0 aliphatic carbocycles. The number of nitrogens with one attached hydrogen (secondary N) is 1. The van der Waals surface area contributed by atoms with Crippen molar-refractivity contribution < 1.29 is 18.0 Å². The van der Waals surface area contributed by atoms with E-state index < -0.39 is 11.7 Å². The van der Waals surface area contributed by atoms with Gasteiger partial charge in [-0.15, -0.1) is 0 Å². The average Bonchev–Trinajstić information content (AvgIpc) is 2.64. The molecule has 5 nitrogen and oxygen atoms in total. The number of halogens is 4. The number of hydrogen-bond acceptors (Lipinski definition) is 4. The van der Waals surface area contributed by atoms with Crippen molar-refractivity contribution in [3.05, 3.63) is 58.4 Å². The highest BCUT2D eigenvalue weighted by Gasteiger charge is 2.31. The summed E-state index contributed by atoms with van der Waals surface area (Å²) < 4.78 is 38.6. The SMILES string of the molecule is Cc1cncc(CN2CCN(CC(=O)Nc3cc(C(F)(F)F)ccc3Cl)CC2)c1. The molecule has 0 unspecified atom stereocenters. The van der Waals surface area contributed by atoms with Gasteiger partial charge in [0.05, 0.1) is 22.8 Å². The normalized spacial score (nSPS) is 16.0. The van der Waals surface area contributed by atoms with Crippen molar-refractivity contribution in [2.24, 2.45) is 0 Å². The number of pyridine rings is 1. The predicted molar refractivity (Wildman–Crippen MR) is 106 cm³/mol. The van der Waals surface area contributed by atoms with Crippen LogP contribution in [-0.4, -0.2) is 53.4 Å². The highest BCUT2D eigenvalue weighted by Crippen LogP contribution is 2.33. The molecule has 0 spiro atoms. The minimum absolute atomic E-state index is 0.0305. The summed E-state index contributed by atoms with van der Waals surface area (Å²) >= 11 is 5.93. The van der Waals surface area contributed by atoms with Gasteiger partial charge in [-0.25, -0.2) is 0 Å². The fourth-order valence-electron chi connectivity index (χ4n) is 3.26. The maximum atomic E-state index is 12.9. The molecule has 1 N–H and O–H groups in total. The summed E-state index contributed by atoms with van der Waals surface area (Å²) in [5.41, 5.74) is 1.38. The van der Waals surface area contributed by atoms with Crippen molar-refractivity contribution in [3.63, 3.8) is 0 Å². The first-order valence-electron chi connectivity index (χ1n) is 9.22. The molecule has 1 amide bonds. The molecule has 156 valence electrons. The first-order chi connectivity index (χ1) is 13.7. The van der Waals surface area contributed by atoms with Crippen LogP contribution in [0.1, 0.15) is 16.7 Å². The zero-order valence-corrected chi connectivity index (χ0v) is 16.7. The number of aromatic nitrogens is 1. The van der Waals surface area contributed by atoms with E-state index in [1.807, 2.05) is 24.2 Å². The van der Waals surface area contributed by atoms with Gasteiger partial charge in [0.25, 0.3) is 0 Å². The summed E-state index contributed by atoms with van der Waals surface area (Å²) in [6, 6.07) is 4.99. The molecule has 1 saturated heterocycles. The summed E-state index contributed by atoms with van der Waals surface area (Å²) in [6.07, 6.45) is -0.824. The van der Waals surface area contributed by atoms with E-state index in [0.717, 1.165) is 49.0 Å². The van der Waals surface area contributed by atoms with Crippen LogP contribution in [0.15, 0.2) is 36.7 Å². The Balaban J connectivity index is 1.50. The number of rotatable bonds is 5. The number of alkyl halides is 3. The fourth-order valence-corrected chi connectivity index (χ4v) is 3.42. The lowest BCUT2D eigenvalue weighted by molar-refractivity contribution is -0.137. The summed E-state index contributed by atoms with van der Waals surface area (Å²) in [4.78, 5) is 20.8. The third-order valence-electron chi connectivity index (χ3n) is 4.74. The highest BCUT2D eigenvalue weighted by molar-refractivity contribution is 6.33. The van der Waals surface area contributed by atoms with Crippen LogP contribution in [0, 0.1) is 6.92 Å². The van der Waals surface area contributed by atoms with Crippen molar-refractivity contribution in [3.8, 4) is 0 Å². The second-order valence-corrected chi connectivity index (χ2v) is 7.57. The summed E-state index contributed by atoms with van der Waals surface area (Å²) in [7, 11) is 0. The third kappa shape index (κ3) is 6.16. The van der Waals surface area contributed by atoms with Crippen molar-refractivity contribution in [2.75, 3.05) is 38.0 Å². The highest BCUT2D eigenvalue weighted by atomic mass is 35.5. The van der Waals surface area contributed by atoms with E-state index >= 15 is 0 Å². The van der Waals surface area contributed by atoms with Gasteiger partial charge in [0.2, 0.25) is 5.91 Å². The van der Waals surface area contributed by atoms with Gasteiger partial charge < -0.3 is 5.32 Å². The first kappa shape index (κ1) is 21.5. The van der Waals surface area contributed by atoms with E-state index in [2.05, 4.69) is 21.3 Å². The number of aryl methyl sites for hydroxylation is 1. The molecule has 0 saturated carbocycles. The predicted octanol–water partition coefficient (Wildman–Crippen LogP) is 3.82. The average molecular weight is 427 g/mol. The lowest BCUT2D eigenvalue weighted by Crippen LogP contribution is -2.48. The van der Waals surface area contributed by atoms with Crippen molar-refractivity contribution in [1.82, 2.24) is 14.8 Å². The molecule has 0 bridgehead atoms. The number of piperazine rings is 1. The van der Waals surface area contributed by atoms with Gasteiger partial charge in [-0.05, 0) is 36.2 Å². The number of hydrogen-bond donors (Lipinski definition) is 1. The Bertz CT molecular complexity index is 867. The number of anilines is 1. The Hall–Kier alpha value is -2.16. The lowest BCUT2D eigenvalue weighted by Gasteiger charge is -2.34. The van der Waals surface area contributed by atoms with Gasteiger partial charge in [-0.1, -0.05) is 17.7 Å². The molecular weight excluding hydrogens is 405 g/mol. The molecule has 29 heavy (non-hydrogen) atoms. The number of benzene rings is 1. The van der Waals surface area contributed by atoms with Gasteiger partial charge in [0.1, 0.15) is 0 Å². The number of carbonyl (C=O) groups is 1. The summed E-state index contributed by atoms with van der Waals surface area (Å²) in [6.45, 7) is 5.90. The molecular formula is C20H22ClF3N4O. The van der Waals surface area contributed by atoms with Crippen LogP contribution >= 0.6 is 11.6 Å². The zero-order chi connectivity index (χ0) is 21.0. The largest absolute Gasteiger partial charge is 0.416 e. The second-order valence-electron chi connectivity index (χ2n) is 7.16. The molecule has 0 radical (unpaired) electrons. The molecule has 2 heterocycles.